The average molecular weight is 248 g/mol. The molecule has 0 fully saturated rings. The highest BCUT2D eigenvalue weighted by Crippen LogP contribution is 2.22. The number of allylic oxidation sites excluding steroid dienone is 1. The standard InChI is InChI=1S/C13H20N4O/c1-5-12(18)15-7-8-17-9-16-10(3)13(11(17)4)14-6-2/h6,9H,4-5,7-8H2,1-3H3,(H,15,18). The molecule has 1 aliphatic heterocycles. The number of nitrogens with zero attached hydrogens (tertiary/aromatic N) is 3. The smallest absolute Gasteiger partial charge is 0.219 e. The molecule has 0 unspecified atom stereocenters. The van der Waals surface area contributed by atoms with Crippen LogP contribution in [0.2, 0.25) is 0 Å². The fourth-order valence-electron chi connectivity index (χ4n) is 1.56. The molecule has 1 amide bonds. The van der Waals surface area contributed by atoms with E-state index in [4.69, 9.17) is 0 Å². The highest BCUT2D eigenvalue weighted by molar-refractivity contribution is 5.75. The Hall–Kier alpha value is -1.91. The second-order valence-electron chi connectivity index (χ2n) is 3.91. The predicted molar refractivity (Wildman–Crippen MR) is 74.5 cm³/mol. The Morgan fingerprint density at radius 1 is 1.67 bits per heavy atom. The summed E-state index contributed by atoms with van der Waals surface area (Å²) < 4.78 is 0. The molecule has 0 bridgehead atoms. The first-order valence-electron chi connectivity index (χ1n) is 6.06. The molecule has 5 heteroatoms. The number of nitrogens with one attached hydrogen (secondary N) is 1. The van der Waals surface area contributed by atoms with Crippen LogP contribution < -0.4 is 5.32 Å². The van der Waals surface area contributed by atoms with Crippen LogP contribution in [0.4, 0.5) is 0 Å². The first-order chi connectivity index (χ1) is 8.60. The summed E-state index contributed by atoms with van der Waals surface area (Å²) in [7, 11) is 0. The first-order valence-corrected chi connectivity index (χ1v) is 6.06. The second kappa shape index (κ2) is 6.74. The highest BCUT2D eigenvalue weighted by atomic mass is 16.1. The molecule has 0 saturated carbocycles. The van der Waals surface area contributed by atoms with E-state index in [9.17, 15) is 4.79 Å². The molecule has 0 spiro atoms. The van der Waals surface area contributed by atoms with Gasteiger partial charge in [0, 0.05) is 25.7 Å². The lowest BCUT2D eigenvalue weighted by Gasteiger charge is -2.26. The van der Waals surface area contributed by atoms with E-state index < -0.39 is 0 Å². The third kappa shape index (κ3) is 3.55. The summed E-state index contributed by atoms with van der Waals surface area (Å²) in [6.07, 6.45) is 3.95. The SMILES string of the molecule is C=C1C(N=CC)=C(C)N=CN1CCNC(=O)CC. The van der Waals surface area contributed by atoms with Crippen LogP contribution in [0.1, 0.15) is 27.2 Å². The number of rotatable bonds is 5. The number of hydrogen-bond acceptors (Lipinski definition) is 4. The Balaban J connectivity index is 2.59. The van der Waals surface area contributed by atoms with Crippen molar-refractivity contribution in [1.29, 1.82) is 0 Å². The van der Waals surface area contributed by atoms with Gasteiger partial charge in [0.25, 0.3) is 0 Å². The number of carbonyl (C=O) groups is 1. The minimum atomic E-state index is 0.0492. The van der Waals surface area contributed by atoms with Gasteiger partial charge in [0.1, 0.15) is 5.70 Å². The molecule has 1 aliphatic rings. The Kier molecular flexibility index (Phi) is 5.30. The Labute approximate surface area is 108 Å². The van der Waals surface area contributed by atoms with E-state index in [1.807, 2.05) is 25.7 Å². The number of hydrogen-bond donors (Lipinski definition) is 1. The van der Waals surface area contributed by atoms with E-state index in [0.29, 0.717) is 19.5 Å². The lowest BCUT2D eigenvalue weighted by Crippen LogP contribution is -2.34. The molecule has 0 aliphatic carbocycles. The zero-order chi connectivity index (χ0) is 13.5. The van der Waals surface area contributed by atoms with Gasteiger partial charge in [0.05, 0.1) is 17.7 Å². The van der Waals surface area contributed by atoms with E-state index in [2.05, 4.69) is 21.9 Å². The van der Waals surface area contributed by atoms with Gasteiger partial charge in [-0.05, 0) is 13.8 Å². The number of aliphatic imine (C=N–C) groups is 2. The van der Waals surface area contributed by atoms with Gasteiger partial charge in [-0.25, -0.2) is 4.99 Å². The molecule has 98 valence electrons. The van der Waals surface area contributed by atoms with Gasteiger partial charge in [0.2, 0.25) is 5.91 Å². The molecule has 1 N–H and O–H groups in total. The molecule has 1 heterocycles. The van der Waals surface area contributed by atoms with Crippen molar-refractivity contribution in [2.75, 3.05) is 13.1 Å². The van der Waals surface area contributed by atoms with Crippen LogP contribution in [0.15, 0.2) is 33.7 Å². The molecule has 0 aromatic carbocycles. The van der Waals surface area contributed by atoms with Gasteiger partial charge in [-0.3, -0.25) is 9.79 Å². The Morgan fingerprint density at radius 3 is 3.00 bits per heavy atom. The maximum atomic E-state index is 11.1. The summed E-state index contributed by atoms with van der Waals surface area (Å²) in [5.41, 5.74) is 2.46. The zero-order valence-corrected chi connectivity index (χ0v) is 11.2. The maximum Gasteiger partial charge on any atom is 0.219 e. The van der Waals surface area contributed by atoms with Gasteiger partial charge >= 0.3 is 0 Å². The quantitative estimate of drug-likeness (QED) is 0.753. The summed E-state index contributed by atoms with van der Waals surface area (Å²) >= 11 is 0. The Bertz CT molecular complexity index is 421. The summed E-state index contributed by atoms with van der Waals surface area (Å²) in [5, 5.41) is 2.82. The summed E-state index contributed by atoms with van der Waals surface area (Å²) in [5.74, 6) is 0.0492. The van der Waals surface area contributed by atoms with Gasteiger partial charge in [-0.2, -0.15) is 0 Å². The normalized spacial score (nSPS) is 15.7. The number of carbonyl (C=O) groups excluding carboxylic acids is 1. The van der Waals surface area contributed by atoms with Crippen LogP contribution in [-0.2, 0) is 4.79 Å². The molecule has 0 aromatic heterocycles. The van der Waals surface area contributed by atoms with Crippen LogP contribution in [0, 0.1) is 0 Å². The topological polar surface area (TPSA) is 57.1 Å². The van der Waals surface area contributed by atoms with Crippen molar-refractivity contribution in [3.8, 4) is 0 Å². The van der Waals surface area contributed by atoms with Crippen molar-refractivity contribution in [3.63, 3.8) is 0 Å². The summed E-state index contributed by atoms with van der Waals surface area (Å²) in [6.45, 7) is 10.8. The molecular weight excluding hydrogens is 228 g/mol. The fourth-order valence-corrected chi connectivity index (χ4v) is 1.56. The van der Waals surface area contributed by atoms with Gasteiger partial charge < -0.3 is 10.2 Å². The van der Waals surface area contributed by atoms with E-state index in [0.717, 1.165) is 17.1 Å². The van der Waals surface area contributed by atoms with Gasteiger partial charge in [-0.15, -0.1) is 0 Å². The molecular formula is C13H20N4O. The van der Waals surface area contributed by atoms with E-state index >= 15 is 0 Å². The maximum absolute atomic E-state index is 11.1. The van der Waals surface area contributed by atoms with Gasteiger partial charge in [-0.1, -0.05) is 13.5 Å². The van der Waals surface area contributed by atoms with Crippen molar-refractivity contribution in [2.45, 2.75) is 27.2 Å². The van der Waals surface area contributed by atoms with Crippen LogP contribution >= 0.6 is 0 Å². The van der Waals surface area contributed by atoms with Crippen LogP contribution in [-0.4, -0.2) is 36.4 Å². The highest BCUT2D eigenvalue weighted by Gasteiger charge is 2.16. The van der Waals surface area contributed by atoms with Crippen LogP contribution in [0.25, 0.3) is 0 Å². The third-order valence-electron chi connectivity index (χ3n) is 2.61. The van der Waals surface area contributed by atoms with Crippen molar-refractivity contribution < 1.29 is 4.79 Å². The molecule has 0 radical (unpaired) electrons. The van der Waals surface area contributed by atoms with Crippen molar-refractivity contribution >= 4 is 18.5 Å². The van der Waals surface area contributed by atoms with Crippen LogP contribution in [0.5, 0.6) is 0 Å². The average Bonchev–Trinajstić information content (AvgIpc) is 2.37. The largest absolute Gasteiger partial charge is 0.354 e. The monoisotopic (exact) mass is 248 g/mol. The molecule has 1 rings (SSSR count). The lowest BCUT2D eigenvalue weighted by atomic mass is 10.2. The van der Waals surface area contributed by atoms with Crippen LogP contribution in [0.3, 0.4) is 0 Å². The number of amides is 1. The van der Waals surface area contributed by atoms with E-state index in [1.54, 1.807) is 12.6 Å². The third-order valence-corrected chi connectivity index (χ3v) is 2.61. The van der Waals surface area contributed by atoms with Crippen molar-refractivity contribution in [2.24, 2.45) is 9.98 Å². The molecule has 0 aromatic rings. The molecule has 5 nitrogen and oxygen atoms in total. The van der Waals surface area contributed by atoms with E-state index in [-0.39, 0.29) is 5.91 Å². The molecule has 0 saturated heterocycles. The first kappa shape index (κ1) is 14.2. The fraction of sp³-hybridized carbons (Fsp3) is 0.462. The summed E-state index contributed by atoms with van der Waals surface area (Å²) in [6, 6.07) is 0. The lowest BCUT2D eigenvalue weighted by molar-refractivity contribution is -0.120. The zero-order valence-electron chi connectivity index (χ0n) is 11.2. The minimum absolute atomic E-state index is 0.0492. The Morgan fingerprint density at radius 2 is 2.39 bits per heavy atom. The molecule has 18 heavy (non-hydrogen) atoms. The predicted octanol–water partition coefficient (Wildman–Crippen LogP) is 1.69. The van der Waals surface area contributed by atoms with Gasteiger partial charge in [0.15, 0.2) is 0 Å². The minimum Gasteiger partial charge on any atom is -0.354 e. The summed E-state index contributed by atoms with van der Waals surface area (Å²) in [4.78, 5) is 21.6. The van der Waals surface area contributed by atoms with E-state index in [1.165, 1.54) is 0 Å². The van der Waals surface area contributed by atoms with Crippen molar-refractivity contribution in [3.05, 3.63) is 23.7 Å². The van der Waals surface area contributed by atoms with Crippen molar-refractivity contribution in [1.82, 2.24) is 10.2 Å². The molecule has 0 atom stereocenters. The second-order valence-corrected chi connectivity index (χ2v) is 3.91.